The van der Waals surface area contributed by atoms with Crippen LogP contribution in [0.3, 0.4) is 0 Å². The molecule has 88 valence electrons. The normalized spacial score (nSPS) is 9.50. The summed E-state index contributed by atoms with van der Waals surface area (Å²) in [5, 5.41) is 0. The molecule has 0 aliphatic carbocycles. The summed E-state index contributed by atoms with van der Waals surface area (Å²) in [6.07, 6.45) is 0. The molecule has 5 nitrogen and oxygen atoms in total. The standard InChI is InChI=1S/C11H14O5/c1-13-7-5-6-8(14-2)10(15-3)9(7)11(12)16-4/h5-6H,1-4H3. The third kappa shape index (κ3) is 2.03. The molecule has 0 atom stereocenters. The molecule has 0 saturated carbocycles. The number of carbonyl (C=O) groups is 1. The van der Waals surface area contributed by atoms with Gasteiger partial charge in [0, 0.05) is 0 Å². The molecule has 0 aliphatic rings. The Labute approximate surface area is 93.9 Å². The van der Waals surface area contributed by atoms with Gasteiger partial charge >= 0.3 is 5.97 Å². The SMILES string of the molecule is COC(=O)c1c(OC)ccc(OC)c1OC. The molecule has 0 saturated heterocycles. The first-order valence-electron chi connectivity index (χ1n) is 4.56. The first kappa shape index (κ1) is 12.2. The van der Waals surface area contributed by atoms with Crippen LogP contribution in [0.5, 0.6) is 17.2 Å². The van der Waals surface area contributed by atoms with Gasteiger partial charge in [-0.25, -0.2) is 4.79 Å². The molecule has 0 amide bonds. The van der Waals surface area contributed by atoms with E-state index in [4.69, 9.17) is 14.2 Å². The molecule has 1 aromatic carbocycles. The third-order valence-corrected chi connectivity index (χ3v) is 2.12. The van der Waals surface area contributed by atoms with Gasteiger partial charge < -0.3 is 18.9 Å². The number of carbonyl (C=O) groups excluding carboxylic acids is 1. The van der Waals surface area contributed by atoms with Crippen molar-refractivity contribution in [2.24, 2.45) is 0 Å². The first-order valence-corrected chi connectivity index (χ1v) is 4.56. The lowest BCUT2D eigenvalue weighted by molar-refractivity contribution is 0.0592. The largest absolute Gasteiger partial charge is 0.496 e. The van der Waals surface area contributed by atoms with E-state index < -0.39 is 5.97 Å². The second kappa shape index (κ2) is 5.25. The Hall–Kier alpha value is -1.91. The number of hydrogen-bond donors (Lipinski definition) is 0. The Balaban J connectivity index is 3.42. The maximum atomic E-state index is 11.6. The molecule has 0 bridgehead atoms. The molecule has 0 heterocycles. The van der Waals surface area contributed by atoms with Crippen LogP contribution < -0.4 is 14.2 Å². The van der Waals surface area contributed by atoms with Crippen LogP contribution in [0.15, 0.2) is 12.1 Å². The predicted octanol–water partition coefficient (Wildman–Crippen LogP) is 1.50. The summed E-state index contributed by atoms with van der Waals surface area (Å²) in [7, 11) is 5.70. The molecule has 0 spiro atoms. The number of ether oxygens (including phenoxy) is 4. The van der Waals surface area contributed by atoms with Crippen molar-refractivity contribution in [1.82, 2.24) is 0 Å². The van der Waals surface area contributed by atoms with Gasteiger partial charge in [0.2, 0.25) is 0 Å². The third-order valence-electron chi connectivity index (χ3n) is 2.12. The van der Waals surface area contributed by atoms with Gasteiger partial charge in [0.05, 0.1) is 28.4 Å². The van der Waals surface area contributed by atoms with Gasteiger partial charge in [0.1, 0.15) is 11.3 Å². The molecular formula is C11H14O5. The molecule has 0 unspecified atom stereocenters. The summed E-state index contributed by atoms with van der Waals surface area (Å²) in [6, 6.07) is 3.28. The van der Waals surface area contributed by atoms with Crippen molar-refractivity contribution in [3.8, 4) is 17.2 Å². The molecule has 16 heavy (non-hydrogen) atoms. The van der Waals surface area contributed by atoms with E-state index in [0.717, 1.165) is 0 Å². The maximum Gasteiger partial charge on any atom is 0.345 e. The molecule has 5 heteroatoms. The van der Waals surface area contributed by atoms with Crippen LogP contribution in [0.4, 0.5) is 0 Å². The molecule has 0 radical (unpaired) electrons. The number of rotatable bonds is 4. The first-order chi connectivity index (χ1) is 7.69. The minimum Gasteiger partial charge on any atom is -0.496 e. The summed E-state index contributed by atoms with van der Waals surface area (Å²) in [4.78, 5) is 11.6. The maximum absolute atomic E-state index is 11.6. The Morgan fingerprint density at radius 2 is 1.50 bits per heavy atom. The van der Waals surface area contributed by atoms with Crippen LogP contribution in [0.25, 0.3) is 0 Å². The van der Waals surface area contributed by atoms with Gasteiger partial charge in [-0.3, -0.25) is 0 Å². The lowest BCUT2D eigenvalue weighted by Gasteiger charge is -2.14. The summed E-state index contributed by atoms with van der Waals surface area (Å²) >= 11 is 0. The van der Waals surface area contributed by atoms with Crippen molar-refractivity contribution in [1.29, 1.82) is 0 Å². The molecule has 1 aromatic rings. The summed E-state index contributed by atoms with van der Waals surface area (Å²) < 4.78 is 19.9. The molecule has 0 aromatic heterocycles. The fraction of sp³-hybridized carbons (Fsp3) is 0.364. The lowest BCUT2D eigenvalue weighted by Crippen LogP contribution is -2.07. The summed E-state index contributed by atoms with van der Waals surface area (Å²) in [5.41, 5.74) is 0.215. The van der Waals surface area contributed by atoms with E-state index in [1.54, 1.807) is 12.1 Å². The van der Waals surface area contributed by atoms with E-state index in [-0.39, 0.29) is 5.56 Å². The zero-order valence-corrected chi connectivity index (χ0v) is 9.70. The van der Waals surface area contributed by atoms with Gasteiger partial charge in [-0.2, -0.15) is 0 Å². The van der Waals surface area contributed by atoms with E-state index in [0.29, 0.717) is 17.2 Å². The van der Waals surface area contributed by atoms with E-state index >= 15 is 0 Å². The fourth-order valence-electron chi connectivity index (χ4n) is 1.37. The molecule has 0 aliphatic heterocycles. The highest BCUT2D eigenvalue weighted by atomic mass is 16.5. The van der Waals surface area contributed by atoms with Crippen molar-refractivity contribution in [3.05, 3.63) is 17.7 Å². The average molecular weight is 226 g/mol. The molecule has 0 N–H and O–H groups in total. The summed E-state index contributed by atoms with van der Waals surface area (Å²) in [5.74, 6) is 0.592. The quantitative estimate of drug-likeness (QED) is 0.728. The van der Waals surface area contributed by atoms with Crippen LogP contribution in [0.2, 0.25) is 0 Å². The molecule has 1 rings (SSSR count). The van der Waals surface area contributed by atoms with Gasteiger partial charge in [-0.05, 0) is 12.1 Å². The van der Waals surface area contributed by atoms with Crippen molar-refractivity contribution in [2.45, 2.75) is 0 Å². The highest BCUT2D eigenvalue weighted by Crippen LogP contribution is 2.37. The number of esters is 1. The van der Waals surface area contributed by atoms with Crippen LogP contribution in [0.1, 0.15) is 10.4 Å². The molecular weight excluding hydrogens is 212 g/mol. The van der Waals surface area contributed by atoms with E-state index in [2.05, 4.69) is 4.74 Å². The Morgan fingerprint density at radius 3 is 1.94 bits per heavy atom. The second-order valence-corrected chi connectivity index (χ2v) is 2.87. The number of methoxy groups -OCH3 is 4. The van der Waals surface area contributed by atoms with Crippen molar-refractivity contribution < 1.29 is 23.7 Å². The van der Waals surface area contributed by atoms with Gasteiger partial charge in [-0.15, -0.1) is 0 Å². The monoisotopic (exact) mass is 226 g/mol. The Bertz CT molecular complexity index is 386. The minimum absolute atomic E-state index is 0.215. The van der Waals surface area contributed by atoms with Crippen LogP contribution in [0, 0.1) is 0 Å². The van der Waals surface area contributed by atoms with Crippen LogP contribution >= 0.6 is 0 Å². The smallest absolute Gasteiger partial charge is 0.345 e. The van der Waals surface area contributed by atoms with Gasteiger partial charge in [-0.1, -0.05) is 0 Å². The van der Waals surface area contributed by atoms with Crippen LogP contribution in [-0.2, 0) is 4.74 Å². The van der Waals surface area contributed by atoms with Gasteiger partial charge in [0.25, 0.3) is 0 Å². The Morgan fingerprint density at radius 1 is 0.938 bits per heavy atom. The minimum atomic E-state index is -0.535. The highest BCUT2D eigenvalue weighted by Gasteiger charge is 2.22. The highest BCUT2D eigenvalue weighted by molar-refractivity contribution is 5.96. The number of hydrogen-bond acceptors (Lipinski definition) is 5. The lowest BCUT2D eigenvalue weighted by atomic mass is 10.1. The van der Waals surface area contributed by atoms with E-state index in [9.17, 15) is 4.79 Å². The topological polar surface area (TPSA) is 54.0 Å². The van der Waals surface area contributed by atoms with Crippen molar-refractivity contribution in [2.75, 3.05) is 28.4 Å². The van der Waals surface area contributed by atoms with Gasteiger partial charge in [0.15, 0.2) is 11.5 Å². The summed E-state index contributed by atoms with van der Waals surface area (Å²) in [6.45, 7) is 0. The fourth-order valence-corrected chi connectivity index (χ4v) is 1.37. The Kier molecular flexibility index (Phi) is 3.99. The van der Waals surface area contributed by atoms with E-state index in [1.807, 2.05) is 0 Å². The van der Waals surface area contributed by atoms with Crippen molar-refractivity contribution in [3.63, 3.8) is 0 Å². The van der Waals surface area contributed by atoms with E-state index in [1.165, 1.54) is 28.4 Å². The molecule has 0 fully saturated rings. The van der Waals surface area contributed by atoms with Crippen LogP contribution in [-0.4, -0.2) is 34.4 Å². The zero-order valence-electron chi connectivity index (χ0n) is 9.70. The number of benzene rings is 1. The second-order valence-electron chi connectivity index (χ2n) is 2.87. The zero-order chi connectivity index (χ0) is 12.1. The predicted molar refractivity (Wildman–Crippen MR) is 57.4 cm³/mol. The average Bonchev–Trinajstić information content (AvgIpc) is 2.35. The van der Waals surface area contributed by atoms with Crippen molar-refractivity contribution >= 4 is 5.97 Å².